The molecular formula is C22H21N5O3. The van der Waals surface area contributed by atoms with Gasteiger partial charge in [0.2, 0.25) is 0 Å². The van der Waals surface area contributed by atoms with Gasteiger partial charge in [0.05, 0.1) is 11.9 Å². The molecule has 0 saturated heterocycles. The largest absolute Gasteiger partial charge is 0.484 e. The number of rotatable bonds is 5. The molecule has 2 aromatic heterocycles. The molecular weight excluding hydrogens is 382 g/mol. The van der Waals surface area contributed by atoms with E-state index in [1.54, 1.807) is 16.8 Å². The Labute approximate surface area is 172 Å². The van der Waals surface area contributed by atoms with Gasteiger partial charge < -0.3 is 4.74 Å². The van der Waals surface area contributed by atoms with E-state index in [0.29, 0.717) is 16.8 Å². The maximum absolute atomic E-state index is 12.8. The van der Waals surface area contributed by atoms with Crippen molar-refractivity contribution in [1.29, 1.82) is 0 Å². The average molecular weight is 403 g/mol. The smallest absolute Gasteiger partial charge is 0.283 e. The van der Waals surface area contributed by atoms with Crippen LogP contribution < -0.4 is 15.7 Å². The van der Waals surface area contributed by atoms with E-state index in [0.717, 1.165) is 21.5 Å². The van der Waals surface area contributed by atoms with Gasteiger partial charge >= 0.3 is 0 Å². The summed E-state index contributed by atoms with van der Waals surface area (Å²) in [4.78, 5) is 29.3. The van der Waals surface area contributed by atoms with Crippen molar-refractivity contribution < 1.29 is 9.53 Å². The van der Waals surface area contributed by atoms with E-state index in [-0.39, 0.29) is 6.61 Å². The summed E-state index contributed by atoms with van der Waals surface area (Å²) >= 11 is 0. The van der Waals surface area contributed by atoms with Gasteiger partial charge in [-0.1, -0.05) is 23.8 Å². The Hall–Kier alpha value is -3.94. The standard InChI is InChI=1S/C22H21N5O3/c1-14-4-8-18(9-5-14)30-12-20(28)25-26-13-23-21-19(22(26)29)11-24-27(21)17-7-6-15(2)16(3)10-17/h4-11,13H,12H2,1-3H3,(H,25,28). The Bertz CT molecular complexity index is 1290. The van der Waals surface area contributed by atoms with E-state index in [2.05, 4.69) is 15.5 Å². The normalized spacial score (nSPS) is 10.9. The molecule has 2 aromatic carbocycles. The van der Waals surface area contributed by atoms with E-state index in [1.807, 2.05) is 51.1 Å². The van der Waals surface area contributed by atoms with Crippen LogP contribution in [0.4, 0.5) is 0 Å². The van der Waals surface area contributed by atoms with Gasteiger partial charge in [-0.3, -0.25) is 15.0 Å². The van der Waals surface area contributed by atoms with Crippen LogP contribution in [0.15, 0.2) is 59.8 Å². The van der Waals surface area contributed by atoms with Crippen LogP contribution >= 0.6 is 0 Å². The number of nitrogens with one attached hydrogen (secondary N) is 1. The molecule has 1 N–H and O–H groups in total. The first-order valence-electron chi connectivity index (χ1n) is 9.45. The lowest BCUT2D eigenvalue weighted by Gasteiger charge is -2.10. The molecule has 1 amide bonds. The zero-order valence-corrected chi connectivity index (χ0v) is 16.9. The van der Waals surface area contributed by atoms with Gasteiger partial charge in [-0.05, 0) is 56.2 Å². The number of amides is 1. The van der Waals surface area contributed by atoms with Gasteiger partial charge in [0.1, 0.15) is 17.5 Å². The van der Waals surface area contributed by atoms with Gasteiger partial charge in [-0.2, -0.15) is 5.10 Å². The molecule has 0 aliphatic rings. The molecule has 0 spiro atoms. The predicted octanol–water partition coefficient (Wildman–Crippen LogP) is 2.66. The Kier molecular flexibility index (Phi) is 5.05. The first-order chi connectivity index (χ1) is 14.4. The lowest BCUT2D eigenvalue weighted by Crippen LogP contribution is -2.35. The van der Waals surface area contributed by atoms with Crippen molar-refractivity contribution in [3.05, 3.63) is 82.0 Å². The van der Waals surface area contributed by atoms with Crippen LogP contribution in [0, 0.1) is 20.8 Å². The average Bonchev–Trinajstić information content (AvgIpc) is 3.16. The van der Waals surface area contributed by atoms with Crippen LogP contribution in [-0.4, -0.2) is 32.0 Å². The minimum Gasteiger partial charge on any atom is -0.484 e. The summed E-state index contributed by atoms with van der Waals surface area (Å²) in [6, 6.07) is 13.2. The van der Waals surface area contributed by atoms with Gasteiger partial charge in [0, 0.05) is 0 Å². The fourth-order valence-electron chi connectivity index (χ4n) is 2.99. The molecule has 4 rings (SSSR count). The molecule has 8 nitrogen and oxygen atoms in total. The van der Waals surface area contributed by atoms with E-state index < -0.39 is 11.5 Å². The van der Waals surface area contributed by atoms with Crippen molar-refractivity contribution in [2.24, 2.45) is 0 Å². The highest BCUT2D eigenvalue weighted by molar-refractivity contribution is 5.85. The number of carbonyl (C=O) groups is 1. The summed E-state index contributed by atoms with van der Waals surface area (Å²) in [5, 5.41) is 4.61. The molecule has 0 aliphatic carbocycles. The van der Waals surface area contributed by atoms with Crippen molar-refractivity contribution in [3.63, 3.8) is 0 Å². The zero-order chi connectivity index (χ0) is 21.3. The minimum absolute atomic E-state index is 0.227. The third-order valence-electron chi connectivity index (χ3n) is 4.86. The topological polar surface area (TPSA) is 91.0 Å². The van der Waals surface area contributed by atoms with Crippen LogP contribution in [0.3, 0.4) is 0 Å². The Morgan fingerprint density at radius 3 is 2.57 bits per heavy atom. The number of aryl methyl sites for hydroxylation is 3. The molecule has 0 fully saturated rings. The predicted molar refractivity (Wildman–Crippen MR) is 114 cm³/mol. The van der Waals surface area contributed by atoms with Crippen LogP contribution in [0.25, 0.3) is 16.7 Å². The number of benzene rings is 2. The third-order valence-corrected chi connectivity index (χ3v) is 4.86. The van der Waals surface area contributed by atoms with E-state index >= 15 is 0 Å². The van der Waals surface area contributed by atoms with E-state index in [4.69, 9.17) is 4.74 Å². The first-order valence-corrected chi connectivity index (χ1v) is 9.45. The third kappa shape index (κ3) is 3.80. The minimum atomic E-state index is -0.472. The van der Waals surface area contributed by atoms with Crippen LogP contribution in [0.2, 0.25) is 0 Å². The van der Waals surface area contributed by atoms with Gasteiger partial charge in [0.15, 0.2) is 12.3 Å². The van der Waals surface area contributed by atoms with Crippen molar-refractivity contribution >= 4 is 16.9 Å². The summed E-state index contributed by atoms with van der Waals surface area (Å²) in [5.74, 6) is 0.103. The highest BCUT2D eigenvalue weighted by Crippen LogP contribution is 2.17. The maximum Gasteiger partial charge on any atom is 0.283 e. The summed E-state index contributed by atoms with van der Waals surface area (Å²) in [5.41, 5.74) is 6.69. The van der Waals surface area contributed by atoms with Crippen LogP contribution in [-0.2, 0) is 4.79 Å². The molecule has 0 radical (unpaired) electrons. The van der Waals surface area contributed by atoms with E-state index in [9.17, 15) is 9.59 Å². The summed E-state index contributed by atoms with van der Waals surface area (Å²) in [6.07, 6.45) is 2.72. The number of fused-ring (bicyclic) bond motifs is 1. The molecule has 4 aromatic rings. The number of hydrogen-bond acceptors (Lipinski definition) is 5. The number of carbonyl (C=O) groups excluding carboxylic acids is 1. The van der Waals surface area contributed by atoms with Crippen molar-refractivity contribution in [1.82, 2.24) is 19.4 Å². The van der Waals surface area contributed by atoms with Crippen LogP contribution in [0.1, 0.15) is 16.7 Å². The fraction of sp³-hybridized carbons (Fsp3) is 0.182. The monoisotopic (exact) mass is 403 g/mol. The molecule has 0 atom stereocenters. The Morgan fingerprint density at radius 2 is 1.83 bits per heavy atom. The van der Waals surface area contributed by atoms with Crippen LogP contribution in [0.5, 0.6) is 5.75 Å². The summed E-state index contributed by atoms with van der Waals surface area (Å²) in [7, 11) is 0. The van der Waals surface area contributed by atoms with Gasteiger partial charge in [-0.25, -0.2) is 14.3 Å². The van der Waals surface area contributed by atoms with Crippen molar-refractivity contribution in [2.75, 3.05) is 12.0 Å². The van der Waals surface area contributed by atoms with Gasteiger partial charge in [0.25, 0.3) is 11.5 Å². The number of hydrogen-bond donors (Lipinski definition) is 1. The summed E-state index contributed by atoms with van der Waals surface area (Å²) in [6.45, 7) is 5.78. The van der Waals surface area contributed by atoms with Crippen molar-refractivity contribution in [2.45, 2.75) is 20.8 Å². The van der Waals surface area contributed by atoms with Crippen molar-refractivity contribution in [3.8, 4) is 11.4 Å². The fourth-order valence-corrected chi connectivity index (χ4v) is 2.99. The SMILES string of the molecule is Cc1ccc(OCC(=O)Nn2cnc3c(cnn3-c3ccc(C)c(C)c3)c2=O)cc1. The highest BCUT2D eigenvalue weighted by atomic mass is 16.5. The Balaban J connectivity index is 1.53. The molecule has 30 heavy (non-hydrogen) atoms. The second-order valence-electron chi connectivity index (χ2n) is 7.12. The lowest BCUT2D eigenvalue weighted by atomic mass is 10.1. The quantitative estimate of drug-likeness (QED) is 0.553. The molecule has 0 unspecified atom stereocenters. The molecule has 0 saturated carbocycles. The second kappa shape index (κ2) is 7.82. The molecule has 2 heterocycles. The number of aromatic nitrogens is 4. The molecule has 0 aliphatic heterocycles. The number of nitrogens with zero attached hydrogens (tertiary/aromatic N) is 4. The molecule has 0 bridgehead atoms. The summed E-state index contributed by atoms with van der Waals surface area (Å²) < 4.78 is 8.09. The first kappa shape index (κ1) is 19.4. The lowest BCUT2D eigenvalue weighted by molar-refractivity contribution is -0.119. The van der Waals surface area contributed by atoms with Gasteiger partial charge in [-0.15, -0.1) is 0 Å². The molecule has 152 valence electrons. The second-order valence-corrected chi connectivity index (χ2v) is 7.12. The number of ether oxygens (including phenoxy) is 1. The molecule has 8 heteroatoms. The zero-order valence-electron chi connectivity index (χ0n) is 16.9. The Morgan fingerprint density at radius 1 is 1.07 bits per heavy atom. The maximum atomic E-state index is 12.8. The van der Waals surface area contributed by atoms with E-state index in [1.165, 1.54) is 18.1 Å². The highest BCUT2D eigenvalue weighted by Gasteiger charge is 2.13.